The standard InChI is InChI=1S/C20H19F5N2O4S/c1-10-16(11-4-5-13(21)14(22)8-11)17(31-19(10,2)20(23,24)25)18(28)27-12-6-7-26-15(9-12)32(3,29)30/h4-10,16-17H,1-3H3,(H,26,27,28)/t10-,16-,17+,19+/m0/s1. The predicted molar refractivity (Wildman–Crippen MR) is 104 cm³/mol. The van der Waals surface area contributed by atoms with Gasteiger partial charge in [0.1, 0.15) is 6.10 Å². The molecule has 174 valence electrons. The van der Waals surface area contributed by atoms with E-state index in [9.17, 15) is 35.2 Å². The maximum Gasteiger partial charge on any atom is 0.417 e. The van der Waals surface area contributed by atoms with Gasteiger partial charge in [-0.05, 0) is 36.8 Å². The average Bonchev–Trinajstić information content (AvgIpc) is 2.96. The van der Waals surface area contributed by atoms with Gasteiger partial charge in [0.05, 0.1) is 0 Å². The van der Waals surface area contributed by atoms with Crippen molar-refractivity contribution in [3.63, 3.8) is 0 Å². The van der Waals surface area contributed by atoms with Crippen molar-refractivity contribution in [2.45, 2.75) is 42.7 Å². The zero-order valence-electron chi connectivity index (χ0n) is 17.1. The number of halogens is 5. The summed E-state index contributed by atoms with van der Waals surface area (Å²) >= 11 is 0. The lowest BCUT2D eigenvalue weighted by Gasteiger charge is -2.31. The average molecular weight is 478 g/mol. The van der Waals surface area contributed by atoms with Crippen LogP contribution in [0, 0.1) is 17.6 Å². The Morgan fingerprint density at radius 2 is 1.81 bits per heavy atom. The number of hydrogen-bond donors (Lipinski definition) is 1. The fraction of sp³-hybridized carbons (Fsp3) is 0.400. The molecule has 1 N–H and O–H groups in total. The van der Waals surface area contributed by atoms with Crippen LogP contribution in [0.25, 0.3) is 0 Å². The van der Waals surface area contributed by atoms with Gasteiger partial charge in [0.15, 0.2) is 32.1 Å². The second-order valence-corrected chi connectivity index (χ2v) is 9.74. The molecule has 1 fully saturated rings. The van der Waals surface area contributed by atoms with Crippen LogP contribution in [-0.2, 0) is 19.4 Å². The van der Waals surface area contributed by atoms with Gasteiger partial charge < -0.3 is 10.1 Å². The quantitative estimate of drug-likeness (QED) is 0.675. The third-order valence-corrected chi connectivity index (χ3v) is 6.62. The van der Waals surface area contributed by atoms with Crippen molar-refractivity contribution in [3.8, 4) is 0 Å². The summed E-state index contributed by atoms with van der Waals surface area (Å²) in [5.74, 6) is -6.09. The number of ether oxygens (including phenoxy) is 1. The van der Waals surface area contributed by atoms with Gasteiger partial charge in [0, 0.05) is 30.0 Å². The highest BCUT2D eigenvalue weighted by atomic mass is 32.2. The van der Waals surface area contributed by atoms with Crippen LogP contribution in [0.15, 0.2) is 41.6 Å². The Bertz CT molecular complexity index is 1150. The number of rotatable bonds is 4. The highest BCUT2D eigenvalue weighted by molar-refractivity contribution is 7.90. The van der Waals surface area contributed by atoms with Gasteiger partial charge >= 0.3 is 6.18 Å². The molecule has 1 aliphatic heterocycles. The monoisotopic (exact) mass is 478 g/mol. The van der Waals surface area contributed by atoms with Crippen LogP contribution >= 0.6 is 0 Å². The van der Waals surface area contributed by atoms with Crippen molar-refractivity contribution in [2.24, 2.45) is 5.92 Å². The van der Waals surface area contributed by atoms with E-state index in [0.29, 0.717) is 0 Å². The van der Waals surface area contributed by atoms with Crippen LogP contribution in [0.1, 0.15) is 25.3 Å². The van der Waals surface area contributed by atoms with E-state index in [-0.39, 0.29) is 16.3 Å². The van der Waals surface area contributed by atoms with Crippen LogP contribution in [0.2, 0.25) is 0 Å². The number of hydrogen-bond acceptors (Lipinski definition) is 5. The molecule has 1 saturated heterocycles. The molecular formula is C20H19F5N2O4S. The van der Waals surface area contributed by atoms with Crippen molar-refractivity contribution in [2.75, 3.05) is 11.6 Å². The molecule has 2 heterocycles. The number of pyridine rings is 1. The van der Waals surface area contributed by atoms with Crippen molar-refractivity contribution in [3.05, 3.63) is 53.7 Å². The summed E-state index contributed by atoms with van der Waals surface area (Å²) in [4.78, 5) is 16.6. The van der Waals surface area contributed by atoms with E-state index in [2.05, 4.69) is 10.3 Å². The van der Waals surface area contributed by atoms with Crippen molar-refractivity contribution < 1.29 is 39.9 Å². The van der Waals surface area contributed by atoms with E-state index in [4.69, 9.17) is 4.74 Å². The number of benzene rings is 1. The maximum absolute atomic E-state index is 13.8. The normalized spacial score (nSPS) is 26.2. The lowest BCUT2D eigenvalue weighted by molar-refractivity contribution is -0.272. The number of nitrogens with zero attached hydrogens (tertiary/aromatic N) is 1. The highest BCUT2D eigenvalue weighted by Crippen LogP contribution is 2.53. The Morgan fingerprint density at radius 1 is 1.16 bits per heavy atom. The Balaban J connectivity index is 2.01. The molecule has 6 nitrogen and oxygen atoms in total. The van der Waals surface area contributed by atoms with Gasteiger partial charge in [-0.2, -0.15) is 13.2 Å². The minimum atomic E-state index is -4.86. The first kappa shape index (κ1) is 24.1. The highest BCUT2D eigenvalue weighted by Gasteiger charge is 2.65. The Labute approximate surface area is 180 Å². The minimum absolute atomic E-state index is 0.0358. The molecule has 0 aliphatic carbocycles. The number of carbonyl (C=O) groups excluding carboxylic acids is 1. The first-order chi connectivity index (χ1) is 14.6. The van der Waals surface area contributed by atoms with Gasteiger partial charge in [-0.25, -0.2) is 22.2 Å². The maximum atomic E-state index is 13.8. The van der Waals surface area contributed by atoms with Crippen LogP contribution < -0.4 is 5.32 Å². The topological polar surface area (TPSA) is 85.4 Å². The summed E-state index contributed by atoms with van der Waals surface area (Å²) < 4.78 is 97.2. The molecule has 4 atom stereocenters. The molecule has 2 aromatic rings. The second kappa shape index (κ2) is 8.07. The number of amides is 1. The fourth-order valence-electron chi connectivity index (χ4n) is 3.68. The number of aromatic nitrogens is 1. The van der Waals surface area contributed by atoms with Crippen molar-refractivity contribution >= 4 is 21.4 Å². The molecule has 0 radical (unpaired) electrons. The molecule has 0 bridgehead atoms. The predicted octanol–water partition coefficient (Wildman–Crippen LogP) is 3.84. The van der Waals surface area contributed by atoms with Crippen molar-refractivity contribution in [1.82, 2.24) is 4.98 Å². The summed E-state index contributed by atoms with van der Waals surface area (Å²) in [5.41, 5.74) is -2.83. The smallest absolute Gasteiger partial charge is 0.352 e. The van der Waals surface area contributed by atoms with E-state index >= 15 is 0 Å². The SMILES string of the molecule is C[C@H]1[C@@H](c2ccc(F)c(F)c2)[C@H](C(=O)Nc2ccnc(S(C)(=O)=O)c2)O[C@@]1(C)C(F)(F)F. The van der Waals surface area contributed by atoms with E-state index in [1.165, 1.54) is 13.0 Å². The van der Waals surface area contributed by atoms with E-state index < -0.39 is 57.1 Å². The largest absolute Gasteiger partial charge is 0.417 e. The summed E-state index contributed by atoms with van der Waals surface area (Å²) in [7, 11) is -3.71. The van der Waals surface area contributed by atoms with Crippen LogP contribution in [-0.4, -0.2) is 43.4 Å². The van der Waals surface area contributed by atoms with Gasteiger partial charge in [-0.15, -0.1) is 0 Å². The van der Waals surface area contributed by atoms with Gasteiger partial charge in [-0.1, -0.05) is 13.0 Å². The molecular weight excluding hydrogens is 459 g/mol. The molecule has 1 aliphatic rings. The first-order valence-electron chi connectivity index (χ1n) is 9.31. The second-order valence-electron chi connectivity index (χ2n) is 7.78. The van der Waals surface area contributed by atoms with Crippen LogP contribution in [0.5, 0.6) is 0 Å². The Hall–Kier alpha value is -2.60. The minimum Gasteiger partial charge on any atom is -0.352 e. The summed E-state index contributed by atoms with van der Waals surface area (Å²) in [5, 5.41) is 1.97. The van der Waals surface area contributed by atoms with Crippen LogP contribution in [0.4, 0.5) is 27.6 Å². The van der Waals surface area contributed by atoms with Crippen LogP contribution in [0.3, 0.4) is 0 Å². The molecule has 0 unspecified atom stereocenters. The molecule has 0 spiro atoms. The number of alkyl halides is 3. The van der Waals surface area contributed by atoms with Gasteiger partial charge in [-0.3, -0.25) is 4.79 Å². The van der Waals surface area contributed by atoms with E-state index in [1.54, 1.807) is 0 Å². The van der Waals surface area contributed by atoms with Crippen molar-refractivity contribution in [1.29, 1.82) is 0 Å². The number of anilines is 1. The molecule has 12 heteroatoms. The zero-order chi connectivity index (χ0) is 24.1. The van der Waals surface area contributed by atoms with E-state index in [1.807, 2.05) is 0 Å². The number of carbonyl (C=O) groups is 1. The summed E-state index contributed by atoms with van der Waals surface area (Å²) in [6, 6.07) is 4.88. The third kappa shape index (κ3) is 4.33. The molecule has 1 amide bonds. The fourth-order valence-corrected chi connectivity index (χ4v) is 4.27. The molecule has 32 heavy (non-hydrogen) atoms. The summed E-state index contributed by atoms with van der Waals surface area (Å²) in [6.07, 6.45) is -4.58. The number of sulfone groups is 1. The van der Waals surface area contributed by atoms with Gasteiger partial charge in [0.2, 0.25) is 0 Å². The summed E-state index contributed by atoms with van der Waals surface area (Å²) in [6.45, 7) is 1.99. The third-order valence-electron chi connectivity index (χ3n) is 5.64. The lowest BCUT2D eigenvalue weighted by Crippen LogP contribution is -2.47. The van der Waals surface area contributed by atoms with Gasteiger partial charge in [0.25, 0.3) is 5.91 Å². The molecule has 1 aromatic heterocycles. The van der Waals surface area contributed by atoms with E-state index in [0.717, 1.165) is 43.6 Å². The lowest BCUT2D eigenvalue weighted by atomic mass is 9.77. The number of nitrogens with one attached hydrogen (secondary N) is 1. The molecule has 3 rings (SSSR count). The zero-order valence-corrected chi connectivity index (χ0v) is 17.9. The molecule has 0 saturated carbocycles. The molecule has 1 aromatic carbocycles. The Kier molecular flexibility index (Phi) is 6.07. The Morgan fingerprint density at radius 3 is 2.38 bits per heavy atom. The first-order valence-corrected chi connectivity index (χ1v) is 11.2.